The third kappa shape index (κ3) is 6.43. The van der Waals surface area contributed by atoms with Crippen LogP contribution in [-0.4, -0.2) is 74.7 Å². The number of piperidine rings is 1. The zero-order valence-electron chi connectivity index (χ0n) is 23.5. The van der Waals surface area contributed by atoms with E-state index in [4.69, 9.17) is 4.98 Å². The highest BCUT2D eigenvalue weighted by Crippen LogP contribution is 2.31. The quantitative estimate of drug-likeness (QED) is 0.344. The number of piperazine rings is 1. The second kappa shape index (κ2) is 12.4. The van der Waals surface area contributed by atoms with E-state index in [0.717, 1.165) is 50.4 Å². The van der Waals surface area contributed by atoms with Crippen LogP contribution in [0.25, 0.3) is 11.3 Å². The Balaban J connectivity index is 1.22. The molecule has 3 heterocycles. The summed E-state index contributed by atoms with van der Waals surface area (Å²) in [5.74, 6) is -0.0466. The fraction of sp³-hybridized carbons (Fsp3) is 0.353. The van der Waals surface area contributed by atoms with Crippen molar-refractivity contribution in [3.8, 4) is 11.3 Å². The van der Waals surface area contributed by atoms with Gasteiger partial charge in [0.15, 0.2) is 5.69 Å². The van der Waals surface area contributed by atoms with Crippen LogP contribution in [0.1, 0.15) is 34.5 Å². The predicted octanol–water partition coefficient (Wildman–Crippen LogP) is 4.23. The maximum absolute atomic E-state index is 14.1. The molecule has 0 radical (unpaired) electrons. The lowest BCUT2D eigenvalue weighted by Gasteiger charge is -2.38. The molecular formula is C34H39N5O2. The van der Waals surface area contributed by atoms with Gasteiger partial charge in [0.05, 0.1) is 24.2 Å². The van der Waals surface area contributed by atoms with Crippen molar-refractivity contribution < 1.29 is 9.90 Å². The molecule has 1 aromatic heterocycles. The summed E-state index contributed by atoms with van der Waals surface area (Å²) in [6, 6.07) is 30.9. The third-order valence-corrected chi connectivity index (χ3v) is 8.51. The fourth-order valence-corrected chi connectivity index (χ4v) is 6.23. The lowest BCUT2D eigenvalue weighted by Crippen LogP contribution is -2.54. The second-order valence-corrected chi connectivity index (χ2v) is 11.5. The van der Waals surface area contributed by atoms with Gasteiger partial charge in [-0.1, -0.05) is 91.0 Å². The second-order valence-electron chi connectivity index (χ2n) is 11.5. The number of aromatic nitrogens is 2. The van der Waals surface area contributed by atoms with Gasteiger partial charge in [0.2, 0.25) is 0 Å². The Hall–Kier alpha value is -3.78. The minimum absolute atomic E-state index is 0.0466. The van der Waals surface area contributed by atoms with Gasteiger partial charge < -0.3 is 19.9 Å². The minimum Gasteiger partial charge on any atom is -0.388 e. The molecule has 2 N–H and O–H groups in total. The van der Waals surface area contributed by atoms with Crippen molar-refractivity contribution in [2.24, 2.45) is 0 Å². The first-order chi connectivity index (χ1) is 20.1. The summed E-state index contributed by atoms with van der Waals surface area (Å²) in [5.41, 5.74) is 3.83. The van der Waals surface area contributed by atoms with Crippen molar-refractivity contribution in [3.63, 3.8) is 0 Å². The van der Waals surface area contributed by atoms with Gasteiger partial charge in [-0.15, -0.1) is 0 Å². The summed E-state index contributed by atoms with van der Waals surface area (Å²) < 4.78 is 2.00. The molecule has 0 bridgehead atoms. The highest BCUT2D eigenvalue weighted by atomic mass is 16.3. The summed E-state index contributed by atoms with van der Waals surface area (Å²) in [4.78, 5) is 23.2. The number of rotatable bonds is 8. The Morgan fingerprint density at radius 1 is 0.878 bits per heavy atom. The van der Waals surface area contributed by atoms with Crippen LogP contribution in [0.5, 0.6) is 0 Å². The first kappa shape index (κ1) is 27.4. The SMILES string of the molecule is O=C(c1ncn(CC2(O)CCN(Cc3ccccc3)CC2)c1-c1ccccc1)N1CCNC[C@H]1Cc1ccccc1. The highest BCUT2D eigenvalue weighted by molar-refractivity contribution is 5.98. The number of imidazole rings is 1. The molecule has 7 nitrogen and oxygen atoms in total. The van der Waals surface area contributed by atoms with Gasteiger partial charge >= 0.3 is 0 Å². The van der Waals surface area contributed by atoms with Crippen molar-refractivity contribution in [1.82, 2.24) is 24.7 Å². The van der Waals surface area contributed by atoms with E-state index >= 15 is 0 Å². The number of amides is 1. The molecule has 0 spiro atoms. The number of nitrogens with one attached hydrogen (secondary N) is 1. The van der Waals surface area contributed by atoms with Gasteiger partial charge in [-0.2, -0.15) is 0 Å². The molecule has 2 saturated heterocycles. The molecule has 4 aromatic rings. The zero-order chi connectivity index (χ0) is 28.1. The molecule has 1 amide bonds. The van der Waals surface area contributed by atoms with Crippen molar-refractivity contribution in [3.05, 3.63) is 114 Å². The van der Waals surface area contributed by atoms with Crippen LogP contribution in [0.4, 0.5) is 0 Å². The van der Waals surface area contributed by atoms with Crippen LogP contribution in [0, 0.1) is 0 Å². The minimum atomic E-state index is -0.859. The van der Waals surface area contributed by atoms with Crippen LogP contribution in [-0.2, 0) is 19.5 Å². The Labute approximate surface area is 242 Å². The fourth-order valence-electron chi connectivity index (χ4n) is 6.23. The molecule has 212 valence electrons. The largest absolute Gasteiger partial charge is 0.388 e. The lowest BCUT2D eigenvalue weighted by molar-refractivity contribution is -0.0355. The van der Waals surface area contributed by atoms with E-state index in [1.165, 1.54) is 11.1 Å². The van der Waals surface area contributed by atoms with Crippen molar-refractivity contribution in [2.45, 2.75) is 44.0 Å². The maximum Gasteiger partial charge on any atom is 0.275 e. The summed E-state index contributed by atoms with van der Waals surface area (Å²) in [7, 11) is 0. The van der Waals surface area contributed by atoms with E-state index in [2.05, 4.69) is 46.6 Å². The van der Waals surface area contributed by atoms with E-state index in [9.17, 15) is 9.90 Å². The number of hydrogen-bond acceptors (Lipinski definition) is 5. The number of likely N-dealkylation sites (tertiary alicyclic amines) is 1. The maximum atomic E-state index is 14.1. The standard InChI is InChI=1S/C34H39N5O2/c40-33(39-21-18-35-23-30(39)22-27-10-4-1-5-11-27)31-32(29-14-8-3-9-15-29)38(26-36-31)25-34(41)16-19-37(20-17-34)24-28-12-6-2-7-13-28/h1-15,26,30,35,41H,16-25H2/t30-/m1/s1. The van der Waals surface area contributed by atoms with Gasteiger partial charge in [-0.25, -0.2) is 4.98 Å². The molecule has 2 aliphatic rings. The van der Waals surface area contributed by atoms with Crippen molar-refractivity contribution >= 4 is 5.91 Å². The summed E-state index contributed by atoms with van der Waals surface area (Å²) in [5, 5.41) is 15.2. The zero-order valence-corrected chi connectivity index (χ0v) is 23.5. The molecular weight excluding hydrogens is 510 g/mol. The molecule has 7 heteroatoms. The molecule has 41 heavy (non-hydrogen) atoms. The van der Waals surface area contributed by atoms with E-state index in [1.54, 1.807) is 6.33 Å². The smallest absolute Gasteiger partial charge is 0.275 e. The highest BCUT2D eigenvalue weighted by Gasteiger charge is 2.36. The number of hydrogen-bond donors (Lipinski definition) is 2. The lowest BCUT2D eigenvalue weighted by atomic mass is 9.90. The normalized spacial score (nSPS) is 19.2. The molecule has 3 aromatic carbocycles. The van der Waals surface area contributed by atoms with E-state index in [1.807, 2.05) is 64.1 Å². The number of aliphatic hydroxyl groups is 1. The number of carbonyl (C=O) groups is 1. The number of benzene rings is 3. The summed E-state index contributed by atoms with van der Waals surface area (Å²) in [6.45, 7) is 5.11. The predicted molar refractivity (Wildman–Crippen MR) is 161 cm³/mol. The van der Waals surface area contributed by atoms with Gasteiger partial charge in [0.1, 0.15) is 0 Å². The number of nitrogens with zero attached hydrogens (tertiary/aromatic N) is 4. The van der Waals surface area contributed by atoms with E-state index < -0.39 is 5.60 Å². The van der Waals surface area contributed by atoms with E-state index in [0.29, 0.717) is 31.6 Å². The van der Waals surface area contributed by atoms with Gasteiger partial charge in [-0.05, 0) is 30.4 Å². The monoisotopic (exact) mass is 549 g/mol. The summed E-state index contributed by atoms with van der Waals surface area (Å²) in [6.07, 6.45) is 3.89. The Morgan fingerprint density at radius 2 is 1.51 bits per heavy atom. The van der Waals surface area contributed by atoms with Crippen LogP contribution < -0.4 is 5.32 Å². The molecule has 6 rings (SSSR count). The first-order valence-corrected chi connectivity index (χ1v) is 14.7. The molecule has 0 aliphatic carbocycles. The Bertz CT molecular complexity index is 1420. The Morgan fingerprint density at radius 3 is 2.20 bits per heavy atom. The molecule has 2 aliphatic heterocycles. The Kier molecular flexibility index (Phi) is 8.28. The van der Waals surface area contributed by atoms with Gasteiger partial charge in [0.25, 0.3) is 5.91 Å². The van der Waals surface area contributed by atoms with E-state index in [-0.39, 0.29) is 11.9 Å². The molecule has 0 unspecified atom stereocenters. The molecule has 1 atom stereocenters. The van der Waals surface area contributed by atoms with Gasteiger partial charge in [-0.3, -0.25) is 9.69 Å². The average Bonchev–Trinajstić information content (AvgIpc) is 3.43. The topological polar surface area (TPSA) is 73.6 Å². The third-order valence-electron chi connectivity index (χ3n) is 8.51. The molecule has 0 saturated carbocycles. The number of carbonyl (C=O) groups excluding carboxylic acids is 1. The van der Waals surface area contributed by atoms with Crippen molar-refractivity contribution in [1.29, 1.82) is 0 Å². The van der Waals surface area contributed by atoms with Crippen LogP contribution in [0.2, 0.25) is 0 Å². The summed E-state index contributed by atoms with van der Waals surface area (Å²) >= 11 is 0. The molecule has 2 fully saturated rings. The average molecular weight is 550 g/mol. The van der Waals surface area contributed by atoms with Crippen molar-refractivity contribution in [2.75, 3.05) is 32.7 Å². The van der Waals surface area contributed by atoms with Crippen LogP contribution in [0.15, 0.2) is 97.3 Å². The van der Waals surface area contributed by atoms with Crippen LogP contribution in [0.3, 0.4) is 0 Å². The van der Waals surface area contributed by atoms with Crippen LogP contribution >= 0.6 is 0 Å². The first-order valence-electron chi connectivity index (χ1n) is 14.7. The van der Waals surface area contributed by atoms with Gasteiger partial charge in [0, 0.05) is 50.9 Å².